The van der Waals surface area contributed by atoms with Gasteiger partial charge in [-0.1, -0.05) is 35.9 Å². The molecule has 0 aliphatic carbocycles. The summed E-state index contributed by atoms with van der Waals surface area (Å²) in [5.74, 6) is 1.39. The predicted molar refractivity (Wildman–Crippen MR) is 93.4 cm³/mol. The first kappa shape index (κ1) is 17.8. The minimum Gasteiger partial charge on any atom is -0.455 e. The molecule has 2 aromatic carbocycles. The predicted octanol–water partition coefficient (Wildman–Crippen LogP) is 5.29. The van der Waals surface area contributed by atoms with Crippen molar-refractivity contribution in [2.24, 2.45) is 0 Å². The molecule has 0 spiro atoms. The zero-order valence-corrected chi connectivity index (χ0v) is 14.3. The zero-order valence-electron chi connectivity index (χ0n) is 13.6. The Labute approximate surface area is 142 Å². The molecule has 0 saturated carbocycles. The van der Waals surface area contributed by atoms with Crippen molar-refractivity contribution in [3.63, 3.8) is 0 Å². The van der Waals surface area contributed by atoms with Gasteiger partial charge in [0.05, 0.1) is 11.1 Å². The van der Waals surface area contributed by atoms with Crippen molar-refractivity contribution in [1.82, 2.24) is 0 Å². The number of rotatable bonds is 8. The van der Waals surface area contributed by atoms with E-state index in [4.69, 9.17) is 26.2 Å². The molecule has 0 aromatic heterocycles. The molecule has 0 aliphatic rings. The van der Waals surface area contributed by atoms with Gasteiger partial charge >= 0.3 is 0 Å². The van der Waals surface area contributed by atoms with Crippen LogP contribution in [0.3, 0.4) is 0 Å². The molecule has 0 fully saturated rings. The molecule has 1 atom stereocenters. The first-order chi connectivity index (χ1) is 11.2. The lowest BCUT2D eigenvalue weighted by Crippen LogP contribution is -2.04. The molecule has 0 amide bonds. The Kier molecular flexibility index (Phi) is 6.90. The molecule has 2 aromatic rings. The molecule has 3 nitrogen and oxygen atoms in total. The van der Waals surface area contributed by atoms with E-state index < -0.39 is 0 Å². The standard InChI is InChI=1S/C19H23ClO3/c1-14-7-5-8-15(13-14)23-19-16(9-6-10-17(19)20)18(22-2)11-3-4-12-21/h5-10,13,18,21H,3-4,11-12H2,1-2H3. The summed E-state index contributed by atoms with van der Waals surface area (Å²) in [5, 5.41) is 9.52. The number of halogens is 1. The number of aliphatic hydroxyl groups excluding tert-OH is 1. The van der Waals surface area contributed by atoms with Gasteiger partial charge in [-0.05, 0) is 49.9 Å². The van der Waals surface area contributed by atoms with E-state index in [1.165, 1.54) is 0 Å². The normalized spacial score (nSPS) is 12.2. The number of aliphatic hydroxyl groups is 1. The first-order valence-electron chi connectivity index (χ1n) is 7.82. The van der Waals surface area contributed by atoms with Crippen LogP contribution >= 0.6 is 11.6 Å². The fraction of sp³-hybridized carbons (Fsp3) is 0.368. The van der Waals surface area contributed by atoms with Crippen LogP contribution in [-0.4, -0.2) is 18.8 Å². The van der Waals surface area contributed by atoms with Crippen molar-refractivity contribution in [2.45, 2.75) is 32.3 Å². The number of aryl methyl sites for hydroxylation is 1. The number of unbranched alkanes of at least 4 members (excludes halogenated alkanes) is 1. The minimum atomic E-state index is -0.111. The molecule has 1 N–H and O–H groups in total. The van der Waals surface area contributed by atoms with E-state index in [9.17, 15) is 0 Å². The third kappa shape index (κ3) is 4.96. The molecule has 23 heavy (non-hydrogen) atoms. The second kappa shape index (κ2) is 8.92. The van der Waals surface area contributed by atoms with E-state index in [0.29, 0.717) is 10.8 Å². The highest BCUT2D eigenvalue weighted by molar-refractivity contribution is 6.32. The Balaban J connectivity index is 2.27. The second-order valence-electron chi connectivity index (χ2n) is 5.52. The van der Waals surface area contributed by atoms with E-state index in [0.717, 1.165) is 36.1 Å². The summed E-state index contributed by atoms with van der Waals surface area (Å²) in [5.41, 5.74) is 2.06. The lowest BCUT2D eigenvalue weighted by atomic mass is 10.0. The summed E-state index contributed by atoms with van der Waals surface area (Å²) >= 11 is 6.36. The highest BCUT2D eigenvalue weighted by Crippen LogP contribution is 2.39. The number of hydrogen-bond donors (Lipinski definition) is 1. The van der Waals surface area contributed by atoms with Crippen molar-refractivity contribution in [2.75, 3.05) is 13.7 Å². The van der Waals surface area contributed by atoms with Crippen LogP contribution in [0.5, 0.6) is 11.5 Å². The van der Waals surface area contributed by atoms with Gasteiger partial charge in [0, 0.05) is 19.3 Å². The van der Waals surface area contributed by atoms with Crippen LogP contribution in [0.25, 0.3) is 0 Å². The molecule has 2 rings (SSSR count). The maximum absolute atomic E-state index is 8.96. The molecule has 4 heteroatoms. The van der Waals surface area contributed by atoms with Crippen LogP contribution in [0.2, 0.25) is 5.02 Å². The number of ether oxygens (including phenoxy) is 2. The van der Waals surface area contributed by atoms with Crippen molar-refractivity contribution in [3.05, 3.63) is 58.6 Å². The van der Waals surface area contributed by atoms with Crippen LogP contribution in [0, 0.1) is 6.92 Å². The van der Waals surface area contributed by atoms with Crippen LogP contribution in [0.15, 0.2) is 42.5 Å². The molecule has 0 heterocycles. The van der Waals surface area contributed by atoms with Gasteiger partial charge in [-0.2, -0.15) is 0 Å². The Hall–Kier alpha value is -1.55. The van der Waals surface area contributed by atoms with E-state index in [1.54, 1.807) is 7.11 Å². The Morgan fingerprint density at radius 2 is 1.91 bits per heavy atom. The third-order valence-electron chi connectivity index (χ3n) is 3.71. The van der Waals surface area contributed by atoms with Gasteiger partial charge in [-0.25, -0.2) is 0 Å². The Bertz CT molecular complexity index is 628. The van der Waals surface area contributed by atoms with Crippen LogP contribution in [0.1, 0.15) is 36.5 Å². The van der Waals surface area contributed by atoms with E-state index in [1.807, 2.05) is 49.4 Å². The largest absolute Gasteiger partial charge is 0.455 e. The Morgan fingerprint density at radius 1 is 1.13 bits per heavy atom. The van der Waals surface area contributed by atoms with E-state index in [-0.39, 0.29) is 12.7 Å². The van der Waals surface area contributed by atoms with Gasteiger partial charge < -0.3 is 14.6 Å². The molecule has 0 saturated heterocycles. The molecule has 0 radical (unpaired) electrons. The number of para-hydroxylation sites is 1. The lowest BCUT2D eigenvalue weighted by Gasteiger charge is -2.20. The van der Waals surface area contributed by atoms with Crippen LogP contribution in [-0.2, 0) is 4.74 Å². The smallest absolute Gasteiger partial charge is 0.151 e. The molecule has 0 bridgehead atoms. The van der Waals surface area contributed by atoms with E-state index in [2.05, 4.69) is 0 Å². The van der Waals surface area contributed by atoms with Gasteiger partial charge in [-0.3, -0.25) is 0 Å². The average Bonchev–Trinajstić information content (AvgIpc) is 2.54. The fourth-order valence-electron chi connectivity index (χ4n) is 2.53. The second-order valence-corrected chi connectivity index (χ2v) is 5.93. The van der Waals surface area contributed by atoms with E-state index >= 15 is 0 Å². The maximum Gasteiger partial charge on any atom is 0.151 e. The zero-order chi connectivity index (χ0) is 16.7. The summed E-state index contributed by atoms with van der Waals surface area (Å²) < 4.78 is 11.7. The Morgan fingerprint density at radius 3 is 2.61 bits per heavy atom. The topological polar surface area (TPSA) is 38.7 Å². The quantitative estimate of drug-likeness (QED) is 0.666. The SMILES string of the molecule is COC(CCCCO)c1cccc(Cl)c1Oc1cccc(C)c1. The summed E-state index contributed by atoms with van der Waals surface area (Å²) in [7, 11) is 1.68. The molecular weight excluding hydrogens is 312 g/mol. The summed E-state index contributed by atoms with van der Waals surface area (Å²) in [6, 6.07) is 13.6. The highest BCUT2D eigenvalue weighted by atomic mass is 35.5. The summed E-state index contributed by atoms with van der Waals surface area (Å²) in [4.78, 5) is 0. The lowest BCUT2D eigenvalue weighted by molar-refractivity contribution is 0.0898. The monoisotopic (exact) mass is 334 g/mol. The highest BCUT2D eigenvalue weighted by Gasteiger charge is 2.18. The van der Waals surface area contributed by atoms with Gasteiger partial charge in [0.15, 0.2) is 5.75 Å². The minimum absolute atomic E-state index is 0.111. The number of hydrogen-bond acceptors (Lipinski definition) is 3. The average molecular weight is 335 g/mol. The van der Waals surface area contributed by atoms with Crippen LogP contribution < -0.4 is 4.74 Å². The van der Waals surface area contributed by atoms with Crippen LogP contribution in [0.4, 0.5) is 0 Å². The van der Waals surface area contributed by atoms with Gasteiger partial charge in [-0.15, -0.1) is 0 Å². The maximum atomic E-state index is 8.96. The van der Waals surface area contributed by atoms with Gasteiger partial charge in [0.2, 0.25) is 0 Å². The van der Waals surface area contributed by atoms with Crippen molar-refractivity contribution in [1.29, 1.82) is 0 Å². The summed E-state index contributed by atoms with van der Waals surface area (Å²) in [6.45, 7) is 2.21. The fourth-order valence-corrected chi connectivity index (χ4v) is 2.75. The van der Waals surface area contributed by atoms with Crippen molar-refractivity contribution in [3.8, 4) is 11.5 Å². The molecule has 0 aliphatic heterocycles. The number of benzene rings is 2. The number of methoxy groups -OCH3 is 1. The summed E-state index contributed by atoms with van der Waals surface area (Å²) in [6.07, 6.45) is 2.33. The first-order valence-corrected chi connectivity index (χ1v) is 8.20. The molecule has 124 valence electrons. The van der Waals surface area contributed by atoms with Gasteiger partial charge in [0.1, 0.15) is 5.75 Å². The van der Waals surface area contributed by atoms with Gasteiger partial charge in [0.25, 0.3) is 0 Å². The molecular formula is C19H23ClO3. The van der Waals surface area contributed by atoms with Crippen molar-refractivity contribution < 1.29 is 14.6 Å². The third-order valence-corrected chi connectivity index (χ3v) is 4.01. The molecule has 1 unspecified atom stereocenters. The van der Waals surface area contributed by atoms with Crippen molar-refractivity contribution >= 4 is 11.6 Å².